The van der Waals surface area contributed by atoms with E-state index in [-0.39, 0.29) is 5.56 Å². The number of nitro groups is 1. The molecule has 8 heteroatoms. The maximum Gasteiger partial charge on any atom is 0.333 e. The molecule has 0 aliphatic heterocycles. The van der Waals surface area contributed by atoms with Crippen LogP contribution in [0.3, 0.4) is 0 Å². The standard InChI is InChI=1S/C13H11NO6S/c1-21(19,20)13-9(8-5-3-2-4-6-8)7-10(15)12(16)11(13)14(17)18/h2-7,15-16H,1H3. The lowest BCUT2D eigenvalue weighted by atomic mass is 10.0. The van der Waals surface area contributed by atoms with Gasteiger partial charge in [-0.2, -0.15) is 0 Å². The van der Waals surface area contributed by atoms with Crippen LogP contribution in [-0.2, 0) is 9.84 Å². The number of hydrogen-bond acceptors (Lipinski definition) is 6. The molecule has 0 bridgehead atoms. The zero-order valence-corrected chi connectivity index (χ0v) is 11.7. The predicted octanol–water partition coefficient (Wildman–Crippen LogP) is 2.08. The number of rotatable bonds is 3. The minimum Gasteiger partial charge on any atom is -0.504 e. The van der Waals surface area contributed by atoms with E-state index in [0.29, 0.717) is 5.56 Å². The number of nitrogens with zero attached hydrogens (tertiary/aromatic N) is 1. The Balaban J connectivity index is 2.99. The van der Waals surface area contributed by atoms with Crippen LogP contribution in [0.15, 0.2) is 41.3 Å². The Bertz CT molecular complexity index is 814. The second-order valence-electron chi connectivity index (χ2n) is 4.36. The first-order valence-corrected chi connectivity index (χ1v) is 7.61. The first kappa shape index (κ1) is 14.8. The van der Waals surface area contributed by atoms with Gasteiger partial charge in [-0.3, -0.25) is 10.1 Å². The summed E-state index contributed by atoms with van der Waals surface area (Å²) in [6.45, 7) is 0. The number of benzene rings is 2. The van der Waals surface area contributed by atoms with Crippen molar-refractivity contribution in [2.45, 2.75) is 4.90 Å². The molecule has 0 radical (unpaired) electrons. The van der Waals surface area contributed by atoms with Crippen molar-refractivity contribution in [1.82, 2.24) is 0 Å². The highest BCUT2D eigenvalue weighted by Gasteiger charge is 2.33. The number of hydrogen-bond donors (Lipinski definition) is 2. The molecule has 0 aliphatic carbocycles. The summed E-state index contributed by atoms with van der Waals surface area (Å²) in [6.07, 6.45) is 0.804. The van der Waals surface area contributed by atoms with Crippen LogP contribution in [0.1, 0.15) is 0 Å². The van der Waals surface area contributed by atoms with Crippen molar-refractivity contribution in [1.29, 1.82) is 0 Å². The highest BCUT2D eigenvalue weighted by Crippen LogP contribution is 2.45. The van der Waals surface area contributed by atoms with Crippen LogP contribution in [0, 0.1) is 10.1 Å². The van der Waals surface area contributed by atoms with Gasteiger partial charge in [-0.25, -0.2) is 8.42 Å². The van der Waals surface area contributed by atoms with Crippen molar-refractivity contribution in [3.63, 3.8) is 0 Å². The smallest absolute Gasteiger partial charge is 0.333 e. The van der Waals surface area contributed by atoms with Gasteiger partial charge >= 0.3 is 5.69 Å². The van der Waals surface area contributed by atoms with Gasteiger partial charge in [-0.05, 0) is 11.6 Å². The summed E-state index contributed by atoms with van der Waals surface area (Å²) in [5.74, 6) is -1.83. The van der Waals surface area contributed by atoms with E-state index in [0.717, 1.165) is 12.3 Å². The molecule has 110 valence electrons. The van der Waals surface area contributed by atoms with E-state index in [1.165, 1.54) is 0 Å². The molecule has 2 N–H and O–H groups in total. The lowest BCUT2D eigenvalue weighted by Gasteiger charge is -2.11. The SMILES string of the molecule is CS(=O)(=O)c1c(-c2ccccc2)cc(O)c(O)c1[N+](=O)[O-]. The lowest BCUT2D eigenvalue weighted by molar-refractivity contribution is -0.388. The third kappa shape index (κ3) is 2.65. The Kier molecular flexibility index (Phi) is 3.56. The Morgan fingerprint density at radius 2 is 1.71 bits per heavy atom. The third-order valence-corrected chi connectivity index (χ3v) is 4.00. The first-order valence-electron chi connectivity index (χ1n) is 5.72. The molecule has 0 saturated heterocycles. The minimum absolute atomic E-state index is 0.0416. The van der Waals surface area contributed by atoms with Crippen LogP contribution in [0.25, 0.3) is 11.1 Å². The van der Waals surface area contributed by atoms with Crippen molar-refractivity contribution in [3.05, 3.63) is 46.5 Å². The maximum absolute atomic E-state index is 11.9. The van der Waals surface area contributed by atoms with Crippen LogP contribution in [-0.4, -0.2) is 29.8 Å². The molecule has 0 unspecified atom stereocenters. The summed E-state index contributed by atoms with van der Waals surface area (Å²) >= 11 is 0. The fourth-order valence-corrected chi connectivity index (χ4v) is 3.10. The van der Waals surface area contributed by atoms with Crippen molar-refractivity contribution in [3.8, 4) is 22.6 Å². The fourth-order valence-electron chi connectivity index (χ4n) is 2.00. The van der Waals surface area contributed by atoms with E-state index in [1.54, 1.807) is 30.3 Å². The molecule has 2 rings (SSSR count). The average molecular weight is 309 g/mol. The van der Waals surface area contributed by atoms with Crippen molar-refractivity contribution < 1.29 is 23.6 Å². The molecule has 0 saturated carbocycles. The fraction of sp³-hybridized carbons (Fsp3) is 0.0769. The number of aromatic hydroxyl groups is 2. The van der Waals surface area contributed by atoms with Gasteiger partial charge in [0.2, 0.25) is 5.75 Å². The lowest BCUT2D eigenvalue weighted by Crippen LogP contribution is -2.05. The van der Waals surface area contributed by atoms with Gasteiger partial charge in [0.25, 0.3) is 0 Å². The molecule has 7 nitrogen and oxygen atoms in total. The van der Waals surface area contributed by atoms with Gasteiger partial charge in [0.1, 0.15) is 0 Å². The Morgan fingerprint density at radius 3 is 2.19 bits per heavy atom. The summed E-state index contributed by atoms with van der Waals surface area (Å²) in [5.41, 5.74) is -0.701. The van der Waals surface area contributed by atoms with Gasteiger partial charge in [0.15, 0.2) is 20.5 Å². The molecule has 21 heavy (non-hydrogen) atoms. The molecule has 0 heterocycles. The zero-order valence-electron chi connectivity index (χ0n) is 10.8. The minimum atomic E-state index is -4.01. The van der Waals surface area contributed by atoms with Crippen LogP contribution < -0.4 is 0 Å². The number of nitro benzene ring substituents is 1. The molecular weight excluding hydrogens is 298 g/mol. The maximum atomic E-state index is 11.9. The van der Waals surface area contributed by atoms with E-state index in [9.17, 15) is 28.7 Å². The highest BCUT2D eigenvalue weighted by molar-refractivity contribution is 7.91. The van der Waals surface area contributed by atoms with Gasteiger partial charge < -0.3 is 10.2 Å². The van der Waals surface area contributed by atoms with Crippen LogP contribution in [0.5, 0.6) is 11.5 Å². The van der Waals surface area contributed by atoms with Gasteiger partial charge in [-0.15, -0.1) is 0 Å². The largest absolute Gasteiger partial charge is 0.504 e. The second-order valence-corrected chi connectivity index (χ2v) is 6.32. The Labute approximate surface area is 120 Å². The number of sulfone groups is 1. The number of phenols is 2. The second kappa shape index (κ2) is 5.06. The molecule has 0 spiro atoms. The van der Waals surface area contributed by atoms with Crippen molar-refractivity contribution >= 4 is 15.5 Å². The molecule has 0 aliphatic rings. The quantitative estimate of drug-likeness (QED) is 0.509. The normalized spacial score (nSPS) is 11.3. The van der Waals surface area contributed by atoms with Crippen molar-refractivity contribution in [2.75, 3.05) is 6.26 Å². The van der Waals surface area contributed by atoms with E-state index in [4.69, 9.17) is 0 Å². The summed E-state index contributed by atoms with van der Waals surface area (Å²) < 4.78 is 23.8. The highest BCUT2D eigenvalue weighted by atomic mass is 32.2. The average Bonchev–Trinajstić information content (AvgIpc) is 2.40. The predicted molar refractivity (Wildman–Crippen MR) is 75.0 cm³/mol. The van der Waals surface area contributed by atoms with E-state index in [2.05, 4.69) is 0 Å². The molecule has 0 aromatic heterocycles. The topological polar surface area (TPSA) is 118 Å². The van der Waals surface area contributed by atoms with E-state index in [1.807, 2.05) is 0 Å². The number of phenolic OH excluding ortho intramolecular Hbond substituents is 2. The summed E-state index contributed by atoms with van der Waals surface area (Å²) in [4.78, 5) is 9.43. The zero-order chi connectivity index (χ0) is 15.8. The first-order chi connectivity index (χ1) is 9.73. The third-order valence-electron chi connectivity index (χ3n) is 2.85. The molecular formula is C13H11NO6S. The monoisotopic (exact) mass is 309 g/mol. The molecule has 2 aromatic carbocycles. The molecule has 0 amide bonds. The summed E-state index contributed by atoms with van der Waals surface area (Å²) in [7, 11) is -4.01. The molecule has 2 aromatic rings. The van der Waals surface area contributed by atoms with Crippen LogP contribution in [0.2, 0.25) is 0 Å². The van der Waals surface area contributed by atoms with Crippen molar-refractivity contribution in [2.24, 2.45) is 0 Å². The van der Waals surface area contributed by atoms with Gasteiger partial charge in [0.05, 0.1) is 4.92 Å². The van der Waals surface area contributed by atoms with Crippen LogP contribution >= 0.6 is 0 Å². The van der Waals surface area contributed by atoms with E-state index < -0.39 is 36.8 Å². The molecule has 0 atom stereocenters. The van der Waals surface area contributed by atoms with Crippen LogP contribution in [0.4, 0.5) is 5.69 Å². The summed E-state index contributed by atoms with van der Waals surface area (Å²) in [6, 6.07) is 9.02. The Morgan fingerprint density at radius 1 is 1.14 bits per heavy atom. The Hall–Kier alpha value is -2.61. The van der Waals surface area contributed by atoms with E-state index >= 15 is 0 Å². The van der Waals surface area contributed by atoms with Gasteiger partial charge in [0, 0.05) is 11.8 Å². The molecule has 0 fully saturated rings. The summed E-state index contributed by atoms with van der Waals surface area (Å²) in [5, 5.41) is 30.4. The van der Waals surface area contributed by atoms with Gasteiger partial charge in [-0.1, -0.05) is 30.3 Å².